The largest absolute Gasteiger partial charge is 0.458 e. The lowest BCUT2D eigenvalue weighted by atomic mass is 10.0. The van der Waals surface area contributed by atoms with Crippen LogP contribution in [0.5, 0.6) is 0 Å². The first-order valence-corrected chi connectivity index (χ1v) is 5.83. The molecule has 3 aromatic rings. The lowest BCUT2D eigenvalue weighted by Gasteiger charge is -2.10. The smallest absolute Gasteiger partial charge is 0.138 e. The second-order valence-corrected chi connectivity index (χ2v) is 4.32. The summed E-state index contributed by atoms with van der Waals surface area (Å²) in [6.45, 7) is 1.92. The van der Waals surface area contributed by atoms with Crippen LogP contribution >= 0.6 is 0 Å². The van der Waals surface area contributed by atoms with Gasteiger partial charge >= 0.3 is 0 Å². The van der Waals surface area contributed by atoms with Crippen molar-refractivity contribution < 1.29 is 9.52 Å². The van der Waals surface area contributed by atoms with Crippen LogP contribution in [0.25, 0.3) is 11.0 Å². The molecule has 0 amide bonds. The van der Waals surface area contributed by atoms with Crippen molar-refractivity contribution in [1.82, 2.24) is 4.98 Å². The average molecular weight is 239 g/mol. The number of aromatic nitrogens is 1. The summed E-state index contributed by atoms with van der Waals surface area (Å²) in [6, 6.07) is 11.4. The Labute approximate surface area is 105 Å². The van der Waals surface area contributed by atoms with Crippen molar-refractivity contribution >= 4 is 11.0 Å². The summed E-state index contributed by atoms with van der Waals surface area (Å²) < 4.78 is 5.67. The van der Waals surface area contributed by atoms with Gasteiger partial charge in [-0.25, -0.2) is 0 Å². The van der Waals surface area contributed by atoms with Crippen LogP contribution in [0, 0.1) is 6.92 Å². The van der Waals surface area contributed by atoms with Crippen LogP contribution in [0.1, 0.15) is 23.0 Å². The highest BCUT2D eigenvalue weighted by atomic mass is 16.4. The normalized spacial score (nSPS) is 12.8. The monoisotopic (exact) mass is 239 g/mol. The second kappa shape index (κ2) is 4.27. The summed E-state index contributed by atoms with van der Waals surface area (Å²) in [5, 5.41) is 11.4. The molecule has 3 nitrogen and oxygen atoms in total. The molecule has 0 saturated heterocycles. The molecule has 1 aromatic carbocycles. The minimum atomic E-state index is -0.750. The van der Waals surface area contributed by atoms with Crippen molar-refractivity contribution in [3.8, 4) is 0 Å². The number of aliphatic hydroxyl groups excluding tert-OH is 1. The van der Waals surface area contributed by atoms with E-state index < -0.39 is 6.10 Å². The van der Waals surface area contributed by atoms with Crippen LogP contribution in [-0.4, -0.2) is 10.1 Å². The molecule has 0 radical (unpaired) electrons. The second-order valence-electron chi connectivity index (χ2n) is 4.32. The number of hydrogen-bond acceptors (Lipinski definition) is 3. The van der Waals surface area contributed by atoms with E-state index in [1.165, 1.54) is 0 Å². The topological polar surface area (TPSA) is 46.3 Å². The van der Waals surface area contributed by atoms with Crippen LogP contribution in [-0.2, 0) is 0 Å². The van der Waals surface area contributed by atoms with Crippen LogP contribution in [0.2, 0.25) is 0 Å². The molecule has 1 unspecified atom stereocenters. The Morgan fingerprint density at radius 2 is 2.06 bits per heavy atom. The first-order chi connectivity index (χ1) is 8.75. The zero-order chi connectivity index (χ0) is 12.5. The number of rotatable bonds is 2. The molecule has 18 heavy (non-hydrogen) atoms. The highest BCUT2D eigenvalue weighted by molar-refractivity contribution is 5.77. The third kappa shape index (κ3) is 1.79. The first-order valence-electron chi connectivity index (χ1n) is 5.83. The highest BCUT2D eigenvalue weighted by Gasteiger charge is 2.17. The lowest BCUT2D eigenvalue weighted by molar-refractivity contribution is 0.191. The zero-order valence-electron chi connectivity index (χ0n) is 10.00. The van der Waals surface area contributed by atoms with E-state index in [0.717, 1.165) is 22.1 Å². The van der Waals surface area contributed by atoms with Gasteiger partial charge in [-0.05, 0) is 36.2 Å². The molecule has 90 valence electrons. The predicted octanol–water partition coefficient (Wildman–Crippen LogP) is 3.22. The molecular weight excluding hydrogens is 226 g/mol. The SMILES string of the molecule is Cc1cnccc1C(O)c1cc2ccccc2o1. The molecule has 0 aliphatic rings. The van der Waals surface area contributed by atoms with Gasteiger partial charge < -0.3 is 9.52 Å². The van der Waals surface area contributed by atoms with Gasteiger partial charge in [0, 0.05) is 17.8 Å². The quantitative estimate of drug-likeness (QED) is 0.746. The maximum atomic E-state index is 10.4. The van der Waals surface area contributed by atoms with Gasteiger partial charge in [0.15, 0.2) is 0 Å². The van der Waals surface area contributed by atoms with Gasteiger partial charge in [-0.15, -0.1) is 0 Å². The number of para-hydroxylation sites is 1. The molecule has 0 saturated carbocycles. The van der Waals surface area contributed by atoms with Gasteiger partial charge in [0.05, 0.1) is 0 Å². The summed E-state index contributed by atoms with van der Waals surface area (Å²) >= 11 is 0. The minimum absolute atomic E-state index is 0.561. The molecule has 3 rings (SSSR count). The first kappa shape index (κ1) is 11.0. The Morgan fingerprint density at radius 3 is 2.83 bits per heavy atom. The Kier molecular flexibility index (Phi) is 2.61. The van der Waals surface area contributed by atoms with Crippen molar-refractivity contribution in [3.05, 3.63) is 65.7 Å². The molecule has 3 heteroatoms. The summed E-state index contributed by atoms with van der Waals surface area (Å²) in [6.07, 6.45) is 2.66. The molecule has 0 aliphatic heterocycles. The van der Waals surface area contributed by atoms with Crippen LogP contribution < -0.4 is 0 Å². The zero-order valence-corrected chi connectivity index (χ0v) is 10.00. The van der Waals surface area contributed by atoms with E-state index in [0.29, 0.717) is 5.76 Å². The number of aryl methyl sites for hydroxylation is 1. The van der Waals surface area contributed by atoms with E-state index in [4.69, 9.17) is 4.42 Å². The molecule has 0 aliphatic carbocycles. The van der Waals surface area contributed by atoms with Gasteiger partial charge in [-0.1, -0.05) is 18.2 Å². The van der Waals surface area contributed by atoms with Crippen LogP contribution in [0.3, 0.4) is 0 Å². The molecule has 2 heterocycles. The molecule has 2 aromatic heterocycles. The van der Waals surface area contributed by atoms with Gasteiger partial charge in [0.25, 0.3) is 0 Å². The van der Waals surface area contributed by atoms with Crippen molar-refractivity contribution in [3.63, 3.8) is 0 Å². The lowest BCUT2D eigenvalue weighted by Crippen LogP contribution is -2.00. The summed E-state index contributed by atoms with van der Waals surface area (Å²) in [5.41, 5.74) is 2.56. The summed E-state index contributed by atoms with van der Waals surface area (Å²) in [4.78, 5) is 4.02. The van der Waals surface area contributed by atoms with E-state index in [1.54, 1.807) is 12.4 Å². The number of aliphatic hydroxyl groups is 1. The van der Waals surface area contributed by atoms with Gasteiger partial charge in [0.1, 0.15) is 17.4 Å². The van der Waals surface area contributed by atoms with Crippen molar-refractivity contribution in [1.29, 1.82) is 0 Å². The Balaban J connectivity index is 2.07. The number of benzene rings is 1. The van der Waals surface area contributed by atoms with Crippen LogP contribution in [0.4, 0.5) is 0 Å². The highest BCUT2D eigenvalue weighted by Crippen LogP contribution is 2.29. The molecule has 1 atom stereocenters. The number of pyridine rings is 1. The van der Waals surface area contributed by atoms with Crippen LogP contribution in [0.15, 0.2) is 53.2 Å². The van der Waals surface area contributed by atoms with E-state index in [-0.39, 0.29) is 0 Å². The fourth-order valence-corrected chi connectivity index (χ4v) is 2.08. The standard InChI is InChI=1S/C15H13NO2/c1-10-9-16-7-6-12(10)15(17)14-8-11-4-2-3-5-13(11)18-14/h2-9,15,17H,1H3. The van der Waals surface area contributed by atoms with Crippen molar-refractivity contribution in [2.45, 2.75) is 13.0 Å². The number of fused-ring (bicyclic) bond motifs is 1. The van der Waals surface area contributed by atoms with Crippen molar-refractivity contribution in [2.24, 2.45) is 0 Å². The van der Waals surface area contributed by atoms with Gasteiger partial charge in [-0.2, -0.15) is 0 Å². The molecule has 0 fully saturated rings. The Bertz CT molecular complexity index is 655. The van der Waals surface area contributed by atoms with E-state index in [2.05, 4.69) is 4.98 Å². The number of nitrogens with zero attached hydrogens (tertiary/aromatic N) is 1. The Hall–Kier alpha value is -2.13. The van der Waals surface area contributed by atoms with Gasteiger partial charge in [-0.3, -0.25) is 4.98 Å². The van der Waals surface area contributed by atoms with E-state index in [9.17, 15) is 5.11 Å². The number of hydrogen-bond donors (Lipinski definition) is 1. The number of furan rings is 1. The average Bonchev–Trinajstić information content (AvgIpc) is 2.82. The third-order valence-corrected chi connectivity index (χ3v) is 3.07. The fraction of sp³-hybridized carbons (Fsp3) is 0.133. The van der Waals surface area contributed by atoms with E-state index in [1.807, 2.05) is 43.3 Å². The fourth-order valence-electron chi connectivity index (χ4n) is 2.08. The Morgan fingerprint density at radius 1 is 1.22 bits per heavy atom. The van der Waals surface area contributed by atoms with E-state index >= 15 is 0 Å². The summed E-state index contributed by atoms with van der Waals surface area (Å²) in [7, 11) is 0. The van der Waals surface area contributed by atoms with Crippen molar-refractivity contribution in [2.75, 3.05) is 0 Å². The predicted molar refractivity (Wildman–Crippen MR) is 69.2 cm³/mol. The minimum Gasteiger partial charge on any atom is -0.458 e. The third-order valence-electron chi connectivity index (χ3n) is 3.07. The molecule has 0 spiro atoms. The maximum absolute atomic E-state index is 10.4. The molecular formula is C15H13NO2. The molecule has 0 bridgehead atoms. The molecule has 1 N–H and O–H groups in total. The van der Waals surface area contributed by atoms with Gasteiger partial charge in [0.2, 0.25) is 0 Å². The maximum Gasteiger partial charge on any atom is 0.138 e. The summed E-state index contributed by atoms with van der Waals surface area (Å²) in [5.74, 6) is 0.561.